The van der Waals surface area contributed by atoms with Gasteiger partial charge in [0.1, 0.15) is 0 Å². The minimum absolute atomic E-state index is 0.158. The maximum Gasteiger partial charge on any atom is 0.190 e. The molecule has 1 nitrogen and oxygen atoms in total. The molecule has 15 heavy (non-hydrogen) atoms. The van der Waals surface area contributed by atoms with Gasteiger partial charge in [-0.3, -0.25) is 0 Å². The van der Waals surface area contributed by atoms with Crippen molar-refractivity contribution in [1.29, 1.82) is 0 Å². The van der Waals surface area contributed by atoms with Gasteiger partial charge in [0, 0.05) is 10.7 Å². The largest absolute Gasteiger partial charge is 0.487 e. The summed E-state index contributed by atoms with van der Waals surface area (Å²) < 4.78 is 31.4. The van der Waals surface area contributed by atoms with E-state index in [1.54, 1.807) is 0 Å². The van der Waals surface area contributed by atoms with Gasteiger partial charge >= 0.3 is 0 Å². The van der Waals surface area contributed by atoms with Gasteiger partial charge in [-0.2, -0.15) is 0 Å². The summed E-state index contributed by atoms with van der Waals surface area (Å²) in [5.74, 6) is -1.63. The van der Waals surface area contributed by atoms with Gasteiger partial charge in [-0.15, -0.1) is 0 Å². The zero-order valence-corrected chi connectivity index (χ0v) is 10.3. The first-order chi connectivity index (χ1) is 6.96. The zero-order valence-electron chi connectivity index (χ0n) is 8.69. The van der Waals surface area contributed by atoms with Crippen molar-refractivity contribution in [3.8, 4) is 5.75 Å². The molecule has 1 aromatic carbocycles. The Labute approximate surface area is 96.6 Å². The van der Waals surface area contributed by atoms with Crippen molar-refractivity contribution in [2.24, 2.45) is 5.41 Å². The molecule has 1 rings (SSSR count). The van der Waals surface area contributed by atoms with Gasteiger partial charge in [0.2, 0.25) is 0 Å². The first kappa shape index (κ1) is 12.4. The van der Waals surface area contributed by atoms with Gasteiger partial charge in [0.05, 0.1) is 6.61 Å². The van der Waals surface area contributed by atoms with Crippen molar-refractivity contribution in [2.75, 3.05) is 11.9 Å². The Bertz CT molecular complexity index is 319. The molecule has 0 aliphatic rings. The highest BCUT2D eigenvalue weighted by Crippen LogP contribution is 2.25. The van der Waals surface area contributed by atoms with Crippen LogP contribution < -0.4 is 4.74 Å². The lowest BCUT2D eigenvalue weighted by Crippen LogP contribution is -2.23. The van der Waals surface area contributed by atoms with Gasteiger partial charge in [-0.25, -0.2) is 8.78 Å². The molecule has 0 spiro atoms. The Kier molecular flexibility index (Phi) is 4.08. The fourth-order valence-corrected chi connectivity index (χ4v) is 1.09. The third kappa shape index (κ3) is 3.45. The molecule has 0 aliphatic heterocycles. The van der Waals surface area contributed by atoms with E-state index < -0.39 is 11.6 Å². The smallest absolute Gasteiger partial charge is 0.190 e. The summed E-state index contributed by atoms with van der Waals surface area (Å²) >= 11 is 3.31. The van der Waals surface area contributed by atoms with E-state index >= 15 is 0 Å². The van der Waals surface area contributed by atoms with Crippen LogP contribution in [0.3, 0.4) is 0 Å². The van der Waals surface area contributed by atoms with E-state index in [1.807, 2.05) is 13.8 Å². The van der Waals surface area contributed by atoms with Crippen LogP contribution in [-0.4, -0.2) is 11.9 Å². The normalized spacial score (nSPS) is 11.5. The first-order valence-corrected chi connectivity index (χ1v) is 5.71. The molecule has 0 heterocycles. The number of ether oxygens (including phenoxy) is 1. The highest BCUT2D eigenvalue weighted by molar-refractivity contribution is 9.09. The number of para-hydroxylation sites is 1. The zero-order chi connectivity index (χ0) is 11.5. The maximum absolute atomic E-state index is 13.2. The van der Waals surface area contributed by atoms with Crippen molar-refractivity contribution < 1.29 is 13.5 Å². The molecule has 0 aliphatic carbocycles. The van der Waals surface area contributed by atoms with Crippen molar-refractivity contribution in [3.63, 3.8) is 0 Å². The molecule has 0 bridgehead atoms. The number of hydrogen-bond acceptors (Lipinski definition) is 1. The van der Waals surface area contributed by atoms with Crippen molar-refractivity contribution >= 4 is 15.9 Å². The van der Waals surface area contributed by atoms with E-state index in [-0.39, 0.29) is 17.8 Å². The summed E-state index contributed by atoms with van der Waals surface area (Å²) in [7, 11) is 0. The van der Waals surface area contributed by atoms with Crippen molar-refractivity contribution in [1.82, 2.24) is 0 Å². The van der Waals surface area contributed by atoms with E-state index in [0.29, 0.717) is 5.33 Å². The van der Waals surface area contributed by atoms with Crippen molar-refractivity contribution in [3.05, 3.63) is 29.8 Å². The van der Waals surface area contributed by atoms with Crippen LogP contribution in [0.25, 0.3) is 0 Å². The van der Waals surface area contributed by atoms with Crippen LogP contribution in [0.5, 0.6) is 5.75 Å². The molecule has 0 saturated carbocycles. The van der Waals surface area contributed by atoms with E-state index in [4.69, 9.17) is 4.74 Å². The van der Waals surface area contributed by atoms with Crippen LogP contribution in [0.1, 0.15) is 13.8 Å². The van der Waals surface area contributed by atoms with Crippen LogP contribution >= 0.6 is 15.9 Å². The summed E-state index contributed by atoms with van der Waals surface area (Å²) in [5.41, 5.74) is -0.158. The Morgan fingerprint density at radius 3 is 2.27 bits per heavy atom. The second kappa shape index (κ2) is 4.92. The molecule has 1 aromatic rings. The SMILES string of the molecule is CC(C)(CBr)COc1c(F)cccc1F. The molecule has 0 aromatic heterocycles. The monoisotopic (exact) mass is 278 g/mol. The molecular weight excluding hydrogens is 266 g/mol. The van der Waals surface area contributed by atoms with Gasteiger partial charge in [-0.1, -0.05) is 35.8 Å². The molecule has 0 saturated heterocycles. The second-order valence-electron chi connectivity index (χ2n) is 4.14. The lowest BCUT2D eigenvalue weighted by molar-refractivity contribution is 0.188. The highest BCUT2D eigenvalue weighted by Gasteiger charge is 2.19. The Morgan fingerprint density at radius 1 is 1.27 bits per heavy atom. The summed E-state index contributed by atoms with van der Waals surface area (Å²) in [5, 5.41) is 0.704. The topological polar surface area (TPSA) is 9.23 Å². The minimum Gasteiger partial charge on any atom is -0.487 e. The predicted octanol–water partition coefficient (Wildman–Crippen LogP) is 3.76. The summed E-state index contributed by atoms with van der Waals surface area (Å²) in [6.07, 6.45) is 0. The van der Waals surface area contributed by atoms with Gasteiger partial charge in [0.15, 0.2) is 17.4 Å². The van der Waals surface area contributed by atoms with E-state index in [1.165, 1.54) is 18.2 Å². The van der Waals surface area contributed by atoms with Crippen LogP contribution in [-0.2, 0) is 0 Å². The fraction of sp³-hybridized carbons (Fsp3) is 0.455. The molecule has 0 amide bonds. The molecule has 0 atom stereocenters. The number of alkyl halides is 1. The molecule has 4 heteroatoms. The van der Waals surface area contributed by atoms with E-state index in [0.717, 1.165) is 0 Å². The lowest BCUT2D eigenvalue weighted by atomic mass is 9.98. The average molecular weight is 279 g/mol. The number of hydrogen-bond donors (Lipinski definition) is 0. The van der Waals surface area contributed by atoms with Crippen LogP contribution in [0.2, 0.25) is 0 Å². The molecular formula is C11H13BrF2O. The molecule has 0 radical (unpaired) electrons. The van der Waals surface area contributed by atoms with Crippen LogP contribution in [0.15, 0.2) is 18.2 Å². The van der Waals surface area contributed by atoms with Crippen LogP contribution in [0, 0.1) is 17.0 Å². The third-order valence-electron chi connectivity index (χ3n) is 1.89. The molecule has 84 valence electrons. The standard InChI is InChI=1S/C11H13BrF2O/c1-11(2,6-12)7-15-10-8(13)4-3-5-9(10)14/h3-5H,6-7H2,1-2H3. The van der Waals surface area contributed by atoms with E-state index in [9.17, 15) is 8.78 Å². The Balaban J connectivity index is 2.73. The van der Waals surface area contributed by atoms with E-state index in [2.05, 4.69) is 15.9 Å². The quantitative estimate of drug-likeness (QED) is 0.762. The Hall–Kier alpha value is -0.640. The summed E-state index contributed by atoms with van der Waals surface area (Å²) in [6, 6.07) is 3.67. The van der Waals surface area contributed by atoms with Crippen molar-refractivity contribution in [2.45, 2.75) is 13.8 Å². The molecule has 0 unspecified atom stereocenters. The fourth-order valence-electron chi connectivity index (χ4n) is 0.927. The maximum atomic E-state index is 13.2. The van der Waals surface area contributed by atoms with Gasteiger partial charge in [0.25, 0.3) is 0 Å². The number of halogens is 3. The highest BCUT2D eigenvalue weighted by atomic mass is 79.9. The summed E-state index contributed by atoms with van der Waals surface area (Å²) in [4.78, 5) is 0. The Morgan fingerprint density at radius 2 is 1.80 bits per heavy atom. The molecule has 0 N–H and O–H groups in total. The first-order valence-electron chi connectivity index (χ1n) is 4.59. The predicted molar refractivity (Wildman–Crippen MR) is 59.4 cm³/mol. The summed E-state index contributed by atoms with van der Waals surface area (Å²) in [6.45, 7) is 4.15. The molecule has 0 fully saturated rings. The lowest BCUT2D eigenvalue weighted by Gasteiger charge is -2.22. The number of rotatable bonds is 4. The van der Waals surface area contributed by atoms with Gasteiger partial charge in [-0.05, 0) is 12.1 Å². The van der Waals surface area contributed by atoms with Crippen LogP contribution in [0.4, 0.5) is 8.78 Å². The minimum atomic E-state index is -0.666. The second-order valence-corrected chi connectivity index (χ2v) is 4.70. The van der Waals surface area contributed by atoms with Gasteiger partial charge < -0.3 is 4.74 Å². The third-order valence-corrected chi connectivity index (χ3v) is 3.41. The average Bonchev–Trinajstić information content (AvgIpc) is 2.17. The number of benzene rings is 1.